The summed E-state index contributed by atoms with van der Waals surface area (Å²) >= 11 is 0. The fourth-order valence-electron chi connectivity index (χ4n) is 2.02. The molecule has 0 unspecified atom stereocenters. The summed E-state index contributed by atoms with van der Waals surface area (Å²) in [6.07, 6.45) is 0.901. The van der Waals surface area contributed by atoms with E-state index in [4.69, 9.17) is 4.74 Å². The van der Waals surface area contributed by atoms with Gasteiger partial charge in [-0.2, -0.15) is 0 Å². The average molecular weight is 388 g/mol. The Balaban J connectivity index is 2.27. The number of nitro benzene ring substituents is 1. The molecule has 11 heteroatoms. The van der Waals surface area contributed by atoms with Crippen LogP contribution in [0.4, 0.5) is 33.3 Å². The van der Waals surface area contributed by atoms with Crippen molar-refractivity contribution in [3.8, 4) is 5.75 Å². The molecule has 0 spiro atoms. The predicted octanol–water partition coefficient (Wildman–Crippen LogP) is 3.95. The third-order valence-electron chi connectivity index (χ3n) is 3.29. The third-order valence-corrected chi connectivity index (χ3v) is 3.29. The number of nitrogens with zero attached hydrogens (tertiary/aromatic N) is 1. The molecular weight excluding hydrogens is 379 g/mol. The Bertz CT molecular complexity index is 933. The van der Waals surface area contributed by atoms with E-state index in [1.807, 2.05) is 0 Å². The maximum atomic E-state index is 13.5. The molecule has 0 bridgehead atoms. The highest BCUT2D eigenvalue weighted by Gasteiger charge is 2.24. The normalized spacial score (nSPS) is 10.9. The standard InChI is InChI=1S/C16H9F5N2O4/c1-27-10-4-2-7(6-9(10)23(25)26)22-11(24)5-3-8-12(17)14(19)16(21)15(20)13(8)18/h2-6H,1H3,(H,22,24). The number of carbonyl (C=O) groups is 1. The number of carbonyl (C=O) groups excluding carboxylic acids is 1. The zero-order valence-electron chi connectivity index (χ0n) is 13.4. The van der Waals surface area contributed by atoms with Gasteiger partial charge in [0.1, 0.15) is 0 Å². The summed E-state index contributed by atoms with van der Waals surface area (Å²) in [6, 6.07) is 3.40. The number of nitro groups is 1. The van der Waals surface area contributed by atoms with Gasteiger partial charge in [-0.3, -0.25) is 14.9 Å². The monoisotopic (exact) mass is 388 g/mol. The summed E-state index contributed by atoms with van der Waals surface area (Å²) in [5.74, 6) is -11.9. The topological polar surface area (TPSA) is 81.5 Å². The highest BCUT2D eigenvalue weighted by molar-refractivity contribution is 6.02. The number of rotatable bonds is 5. The molecule has 2 rings (SSSR count). The van der Waals surface area contributed by atoms with Gasteiger partial charge in [-0.05, 0) is 18.2 Å². The van der Waals surface area contributed by atoms with Crippen molar-refractivity contribution in [1.29, 1.82) is 0 Å². The van der Waals surface area contributed by atoms with Gasteiger partial charge in [0.05, 0.1) is 17.6 Å². The summed E-state index contributed by atoms with van der Waals surface area (Å²) in [5, 5.41) is 13.1. The number of hydrogen-bond donors (Lipinski definition) is 1. The molecule has 0 saturated carbocycles. The van der Waals surface area contributed by atoms with E-state index in [-0.39, 0.29) is 11.4 Å². The largest absolute Gasteiger partial charge is 0.490 e. The summed E-state index contributed by atoms with van der Waals surface area (Å²) in [5.41, 5.74) is -1.82. The summed E-state index contributed by atoms with van der Waals surface area (Å²) < 4.78 is 70.9. The second-order valence-corrected chi connectivity index (χ2v) is 4.95. The number of hydrogen-bond acceptors (Lipinski definition) is 4. The van der Waals surface area contributed by atoms with Crippen LogP contribution in [0.2, 0.25) is 0 Å². The molecule has 1 amide bonds. The SMILES string of the molecule is COc1ccc(NC(=O)C=Cc2c(F)c(F)c(F)c(F)c2F)cc1[N+](=O)[O-]. The van der Waals surface area contributed by atoms with Gasteiger partial charge in [0.25, 0.3) is 0 Å². The minimum Gasteiger partial charge on any atom is -0.490 e. The quantitative estimate of drug-likeness (QED) is 0.210. The van der Waals surface area contributed by atoms with Crippen LogP contribution >= 0.6 is 0 Å². The molecule has 0 aliphatic carbocycles. The van der Waals surface area contributed by atoms with Crippen LogP contribution in [0.15, 0.2) is 24.3 Å². The number of halogens is 5. The van der Waals surface area contributed by atoms with E-state index in [1.165, 1.54) is 19.2 Å². The highest BCUT2D eigenvalue weighted by Crippen LogP contribution is 2.29. The maximum absolute atomic E-state index is 13.5. The minimum atomic E-state index is -2.32. The Hall–Kier alpha value is -3.50. The molecule has 0 heterocycles. The van der Waals surface area contributed by atoms with Gasteiger partial charge in [0.15, 0.2) is 29.0 Å². The molecule has 6 nitrogen and oxygen atoms in total. The van der Waals surface area contributed by atoms with Crippen LogP contribution in [0.1, 0.15) is 5.56 Å². The van der Waals surface area contributed by atoms with E-state index in [2.05, 4.69) is 5.32 Å². The number of ether oxygens (including phenoxy) is 1. The first-order valence-electron chi connectivity index (χ1n) is 7.00. The second-order valence-electron chi connectivity index (χ2n) is 4.95. The Morgan fingerprint density at radius 2 is 1.63 bits per heavy atom. The lowest BCUT2D eigenvalue weighted by molar-refractivity contribution is -0.385. The van der Waals surface area contributed by atoms with Crippen molar-refractivity contribution in [2.24, 2.45) is 0 Å². The van der Waals surface area contributed by atoms with Gasteiger partial charge < -0.3 is 10.1 Å². The molecule has 0 radical (unpaired) electrons. The number of benzene rings is 2. The number of anilines is 1. The van der Waals surface area contributed by atoms with Crippen molar-refractivity contribution in [3.63, 3.8) is 0 Å². The molecule has 0 aliphatic heterocycles. The fraction of sp³-hybridized carbons (Fsp3) is 0.0625. The summed E-state index contributed by atoms with van der Waals surface area (Å²) in [7, 11) is 1.20. The summed E-state index contributed by atoms with van der Waals surface area (Å²) in [6.45, 7) is 0. The van der Waals surface area contributed by atoms with Crippen LogP contribution in [0.3, 0.4) is 0 Å². The molecule has 142 valence electrons. The molecule has 0 aliphatic rings. The van der Waals surface area contributed by atoms with E-state index < -0.39 is 51.2 Å². The molecule has 0 fully saturated rings. The van der Waals surface area contributed by atoms with Crippen LogP contribution < -0.4 is 10.1 Å². The van der Waals surface area contributed by atoms with Gasteiger partial charge >= 0.3 is 5.69 Å². The lowest BCUT2D eigenvalue weighted by Crippen LogP contribution is -2.09. The first-order valence-corrected chi connectivity index (χ1v) is 7.00. The lowest BCUT2D eigenvalue weighted by atomic mass is 10.1. The smallest absolute Gasteiger partial charge is 0.312 e. The van der Waals surface area contributed by atoms with Crippen LogP contribution in [0.5, 0.6) is 5.75 Å². The molecule has 0 saturated heterocycles. The fourth-order valence-corrected chi connectivity index (χ4v) is 2.02. The molecule has 1 N–H and O–H groups in total. The molecule has 0 atom stereocenters. The number of methoxy groups -OCH3 is 1. The predicted molar refractivity (Wildman–Crippen MR) is 83.5 cm³/mol. The molecule has 0 aromatic heterocycles. The van der Waals surface area contributed by atoms with Crippen LogP contribution in [-0.2, 0) is 4.79 Å². The zero-order valence-corrected chi connectivity index (χ0v) is 13.4. The molecule has 27 heavy (non-hydrogen) atoms. The molecule has 2 aromatic rings. The van der Waals surface area contributed by atoms with Crippen molar-refractivity contribution >= 4 is 23.4 Å². The van der Waals surface area contributed by atoms with E-state index in [9.17, 15) is 36.9 Å². The average Bonchev–Trinajstić information content (AvgIpc) is 2.64. The first kappa shape index (κ1) is 19.8. The van der Waals surface area contributed by atoms with Gasteiger partial charge in [0.2, 0.25) is 11.7 Å². The molecule has 2 aromatic carbocycles. The Kier molecular flexibility index (Phi) is 5.73. The summed E-state index contributed by atoms with van der Waals surface area (Å²) in [4.78, 5) is 21.9. The van der Waals surface area contributed by atoms with Crippen molar-refractivity contribution < 1.29 is 36.4 Å². The highest BCUT2D eigenvalue weighted by atomic mass is 19.2. The van der Waals surface area contributed by atoms with Crippen molar-refractivity contribution in [2.75, 3.05) is 12.4 Å². The zero-order chi connectivity index (χ0) is 20.3. The third kappa shape index (κ3) is 4.02. The van der Waals surface area contributed by atoms with Gasteiger partial charge in [0, 0.05) is 17.8 Å². The minimum absolute atomic E-state index is 0.0606. The van der Waals surface area contributed by atoms with E-state index in [0.29, 0.717) is 12.2 Å². The van der Waals surface area contributed by atoms with Gasteiger partial charge in [-0.25, -0.2) is 22.0 Å². The Morgan fingerprint density at radius 3 is 2.15 bits per heavy atom. The Morgan fingerprint density at radius 1 is 1.07 bits per heavy atom. The first-order chi connectivity index (χ1) is 12.7. The maximum Gasteiger partial charge on any atom is 0.312 e. The van der Waals surface area contributed by atoms with E-state index >= 15 is 0 Å². The number of nitrogens with one attached hydrogen (secondary N) is 1. The number of amides is 1. The van der Waals surface area contributed by atoms with Crippen molar-refractivity contribution in [2.45, 2.75) is 0 Å². The van der Waals surface area contributed by atoms with Gasteiger partial charge in [-0.1, -0.05) is 0 Å². The van der Waals surface area contributed by atoms with Gasteiger partial charge in [-0.15, -0.1) is 0 Å². The van der Waals surface area contributed by atoms with Crippen molar-refractivity contribution in [3.05, 3.63) is 69.0 Å². The Labute approximate surface area is 148 Å². The lowest BCUT2D eigenvalue weighted by Gasteiger charge is -2.06. The second kappa shape index (κ2) is 7.81. The molecular formula is C16H9F5N2O4. The van der Waals surface area contributed by atoms with Crippen molar-refractivity contribution in [1.82, 2.24) is 0 Å². The van der Waals surface area contributed by atoms with Crippen LogP contribution in [0, 0.1) is 39.2 Å². The van der Waals surface area contributed by atoms with E-state index in [1.54, 1.807) is 0 Å². The van der Waals surface area contributed by atoms with E-state index in [0.717, 1.165) is 6.07 Å². The van der Waals surface area contributed by atoms with Crippen LogP contribution in [-0.4, -0.2) is 17.9 Å². The van der Waals surface area contributed by atoms with Crippen LogP contribution in [0.25, 0.3) is 6.08 Å².